The van der Waals surface area contributed by atoms with Crippen LogP contribution in [-0.2, 0) is 6.42 Å². The third-order valence-corrected chi connectivity index (χ3v) is 3.54. The van der Waals surface area contributed by atoms with Gasteiger partial charge in [-0.3, -0.25) is 0 Å². The van der Waals surface area contributed by atoms with E-state index in [1.54, 1.807) is 25.1 Å². The molecule has 0 radical (unpaired) electrons. The van der Waals surface area contributed by atoms with Crippen LogP contribution in [0.15, 0.2) is 52.9 Å². The van der Waals surface area contributed by atoms with Gasteiger partial charge in [-0.05, 0) is 43.7 Å². The summed E-state index contributed by atoms with van der Waals surface area (Å²) in [6, 6.07) is 14.0. The van der Waals surface area contributed by atoms with Gasteiger partial charge in [0, 0.05) is 0 Å². The van der Waals surface area contributed by atoms with E-state index in [-0.39, 0.29) is 5.75 Å². The zero-order chi connectivity index (χ0) is 17.6. The summed E-state index contributed by atoms with van der Waals surface area (Å²) < 4.78 is 30.4. The quantitative estimate of drug-likeness (QED) is 0.641. The van der Waals surface area contributed by atoms with Crippen molar-refractivity contribution in [1.82, 2.24) is 10.2 Å². The Morgan fingerprint density at radius 1 is 1.12 bits per heavy atom. The third-order valence-electron chi connectivity index (χ3n) is 3.54. The van der Waals surface area contributed by atoms with Gasteiger partial charge in [-0.2, -0.15) is 0 Å². The summed E-state index contributed by atoms with van der Waals surface area (Å²) in [5.74, 6) is 1.27. The molecule has 3 aromatic rings. The third kappa shape index (κ3) is 4.56. The minimum Gasteiger partial charge on any atom is -0.493 e. The van der Waals surface area contributed by atoms with E-state index in [0.29, 0.717) is 24.8 Å². The Morgan fingerprint density at radius 2 is 1.96 bits per heavy atom. The van der Waals surface area contributed by atoms with Crippen LogP contribution in [-0.4, -0.2) is 16.8 Å². The molecule has 0 N–H and O–H groups in total. The summed E-state index contributed by atoms with van der Waals surface area (Å²) in [5, 5.41) is 7.94. The van der Waals surface area contributed by atoms with Crippen molar-refractivity contribution in [2.24, 2.45) is 0 Å². The van der Waals surface area contributed by atoms with Crippen LogP contribution in [0, 0.1) is 12.7 Å². The van der Waals surface area contributed by atoms with Gasteiger partial charge in [0.15, 0.2) is 17.7 Å². The number of aromatic nitrogens is 2. The molecule has 25 heavy (non-hydrogen) atoms. The SMILES string of the molecule is Cc1cccc(OCCc2nnc([C@H](C)Oc3ccccc3F)o2)c1. The number of hydrogen-bond acceptors (Lipinski definition) is 5. The Kier molecular flexibility index (Phi) is 5.28. The molecule has 0 aliphatic carbocycles. The molecule has 0 saturated heterocycles. The minimum atomic E-state index is -0.546. The Bertz CT molecular complexity index is 835. The average Bonchev–Trinajstić information content (AvgIpc) is 3.06. The molecule has 1 aromatic heterocycles. The molecule has 6 heteroatoms. The van der Waals surface area contributed by atoms with Crippen molar-refractivity contribution in [2.45, 2.75) is 26.4 Å². The number of rotatable bonds is 7. The van der Waals surface area contributed by atoms with Crippen LogP contribution in [0.2, 0.25) is 0 Å². The van der Waals surface area contributed by atoms with Crippen molar-refractivity contribution in [3.05, 3.63) is 71.7 Å². The maximum absolute atomic E-state index is 13.6. The van der Waals surface area contributed by atoms with E-state index in [0.717, 1.165) is 11.3 Å². The van der Waals surface area contributed by atoms with E-state index in [2.05, 4.69) is 10.2 Å². The first-order valence-corrected chi connectivity index (χ1v) is 8.05. The smallest absolute Gasteiger partial charge is 0.256 e. The van der Waals surface area contributed by atoms with Gasteiger partial charge < -0.3 is 13.9 Å². The number of hydrogen-bond donors (Lipinski definition) is 0. The van der Waals surface area contributed by atoms with Crippen LogP contribution < -0.4 is 9.47 Å². The Labute approximate surface area is 145 Å². The van der Waals surface area contributed by atoms with E-state index in [9.17, 15) is 4.39 Å². The molecule has 2 aromatic carbocycles. The fourth-order valence-electron chi connectivity index (χ4n) is 2.27. The number of benzene rings is 2. The standard InChI is InChI=1S/C19H19FN2O3/c1-13-6-5-7-15(12-13)23-11-10-18-21-22-19(25-18)14(2)24-17-9-4-3-8-16(17)20/h3-9,12,14H,10-11H2,1-2H3/t14-/m0/s1. The van der Waals surface area contributed by atoms with Crippen LogP contribution >= 0.6 is 0 Å². The number of aryl methyl sites for hydroxylation is 1. The highest BCUT2D eigenvalue weighted by Crippen LogP contribution is 2.23. The summed E-state index contributed by atoms with van der Waals surface area (Å²) in [5.41, 5.74) is 1.14. The molecule has 3 rings (SSSR count). The molecule has 0 saturated carbocycles. The molecule has 0 unspecified atom stereocenters. The summed E-state index contributed by atoms with van der Waals surface area (Å²) in [6.45, 7) is 4.16. The van der Waals surface area contributed by atoms with Gasteiger partial charge in [-0.1, -0.05) is 24.3 Å². The first kappa shape index (κ1) is 17.0. The summed E-state index contributed by atoms with van der Waals surface area (Å²) in [7, 11) is 0. The maximum Gasteiger partial charge on any atom is 0.256 e. The Morgan fingerprint density at radius 3 is 2.76 bits per heavy atom. The second-order valence-electron chi connectivity index (χ2n) is 5.64. The van der Waals surface area contributed by atoms with Gasteiger partial charge in [0.25, 0.3) is 5.89 Å². The minimum absolute atomic E-state index is 0.150. The molecular weight excluding hydrogens is 323 g/mol. The fraction of sp³-hybridized carbons (Fsp3) is 0.263. The molecule has 0 aliphatic rings. The van der Waals surface area contributed by atoms with E-state index in [4.69, 9.17) is 13.9 Å². The first-order valence-electron chi connectivity index (χ1n) is 8.05. The summed E-state index contributed by atoms with van der Waals surface area (Å²) in [6.07, 6.45) is -0.0660. The van der Waals surface area contributed by atoms with Crippen molar-refractivity contribution in [3.63, 3.8) is 0 Å². The zero-order valence-corrected chi connectivity index (χ0v) is 14.1. The predicted molar refractivity (Wildman–Crippen MR) is 90.1 cm³/mol. The van der Waals surface area contributed by atoms with Crippen LogP contribution in [0.3, 0.4) is 0 Å². The van der Waals surface area contributed by atoms with Crippen molar-refractivity contribution < 1.29 is 18.3 Å². The number of ether oxygens (including phenoxy) is 2. The van der Waals surface area contributed by atoms with Crippen LogP contribution in [0.5, 0.6) is 11.5 Å². The molecule has 0 aliphatic heterocycles. The largest absolute Gasteiger partial charge is 0.493 e. The number of halogens is 1. The van der Waals surface area contributed by atoms with E-state index in [1.165, 1.54) is 6.07 Å². The normalized spacial score (nSPS) is 12.0. The first-order chi connectivity index (χ1) is 12.1. The van der Waals surface area contributed by atoms with Gasteiger partial charge in [-0.15, -0.1) is 10.2 Å². The molecule has 0 amide bonds. The van der Waals surface area contributed by atoms with Crippen molar-refractivity contribution in [2.75, 3.05) is 6.61 Å². The van der Waals surface area contributed by atoms with Crippen LogP contribution in [0.4, 0.5) is 4.39 Å². The maximum atomic E-state index is 13.6. The molecule has 5 nitrogen and oxygen atoms in total. The van der Waals surface area contributed by atoms with Crippen molar-refractivity contribution >= 4 is 0 Å². The van der Waals surface area contributed by atoms with Crippen molar-refractivity contribution in [1.29, 1.82) is 0 Å². The van der Waals surface area contributed by atoms with Gasteiger partial charge in [0.05, 0.1) is 13.0 Å². The number of nitrogens with zero attached hydrogens (tertiary/aromatic N) is 2. The topological polar surface area (TPSA) is 57.4 Å². The van der Waals surface area contributed by atoms with Gasteiger partial charge in [-0.25, -0.2) is 4.39 Å². The van der Waals surface area contributed by atoms with Crippen LogP contribution in [0.1, 0.15) is 30.4 Å². The predicted octanol–water partition coefficient (Wildman–Crippen LogP) is 4.28. The second-order valence-corrected chi connectivity index (χ2v) is 5.64. The van der Waals surface area contributed by atoms with Gasteiger partial charge in [0.1, 0.15) is 5.75 Å². The Balaban J connectivity index is 1.54. The Hall–Kier alpha value is -2.89. The molecule has 0 fully saturated rings. The highest BCUT2D eigenvalue weighted by molar-refractivity contribution is 5.27. The zero-order valence-electron chi connectivity index (χ0n) is 14.1. The highest BCUT2D eigenvalue weighted by Gasteiger charge is 2.17. The molecule has 0 bridgehead atoms. The van der Waals surface area contributed by atoms with Crippen molar-refractivity contribution in [3.8, 4) is 11.5 Å². The van der Waals surface area contributed by atoms with E-state index >= 15 is 0 Å². The lowest BCUT2D eigenvalue weighted by atomic mass is 10.2. The second kappa shape index (κ2) is 7.79. The highest BCUT2D eigenvalue weighted by atomic mass is 19.1. The lowest BCUT2D eigenvalue weighted by Crippen LogP contribution is -2.04. The molecule has 130 valence electrons. The number of para-hydroxylation sites is 1. The van der Waals surface area contributed by atoms with Crippen LogP contribution in [0.25, 0.3) is 0 Å². The molecule has 1 atom stereocenters. The van der Waals surface area contributed by atoms with E-state index in [1.807, 2.05) is 31.2 Å². The molecule has 0 spiro atoms. The van der Waals surface area contributed by atoms with E-state index < -0.39 is 11.9 Å². The fourth-order valence-corrected chi connectivity index (χ4v) is 2.27. The summed E-state index contributed by atoms with van der Waals surface area (Å²) in [4.78, 5) is 0. The lowest BCUT2D eigenvalue weighted by molar-refractivity contribution is 0.177. The molecule has 1 heterocycles. The van der Waals surface area contributed by atoms with Gasteiger partial charge in [0.2, 0.25) is 5.89 Å². The van der Waals surface area contributed by atoms with Gasteiger partial charge >= 0.3 is 0 Å². The average molecular weight is 342 g/mol. The lowest BCUT2D eigenvalue weighted by Gasteiger charge is -2.11. The molecular formula is C19H19FN2O3. The summed E-state index contributed by atoms with van der Waals surface area (Å²) >= 11 is 0. The monoisotopic (exact) mass is 342 g/mol.